The maximum absolute atomic E-state index is 12.8. The van der Waals surface area contributed by atoms with Gasteiger partial charge in [-0.05, 0) is 57.5 Å². The van der Waals surface area contributed by atoms with E-state index in [1.807, 2.05) is 6.92 Å². The third kappa shape index (κ3) is 3.11. The molecular formula is C18H24N2O3. The van der Waals surface area contributed by atoms with Crippen LogP contribution in [0.1, 0.15) is 39.5 Å². The van der Waals surface area contributed by atoms with Gasteiger partial charge in [-0.1, -0.05) is 6.42 Å². The molecule has 5 heteroatoms. The molecule has 1 aromatic carbocycles. The summed E-state index contributed by atoms with van der Waals surface area (Å²) in [4.78, 5) is 28.7. The van der Waals surface area contributed by atoms with Crippen LogP contribution in [0.15, 0.2) is 24.3 Å². The van der Waals surface area contributed by atoms with Gasteiger partial charge in [0.05, 0.1) is 24.8 Å². The lowest BCUT2D eigenvalue weighted by Gasteiger charge is -2.36. The number of nitrogens with zero attached hydrogens (tertiary/aromatic N) is 2. The van der Waals surface area contributed by atoms with Crippen LogP contribution >= 0.6 is 0 Å². The van der Waals surface area contributed by atoms with Crippen LogP contribution in [0.4, 0.5) is 5.69 Å². The lowest BCUT2D eigenvalue weighted by atomic mass is 10.0. The second-order valence-electron chi connectivity index (χ2n) is 6.30. The average Bonchev–Trinajstić information content (AvgIpc) is 2.84. The molecule has 3 rings (SSSR count). The van der Waals surface area contributed by atoms with E-state index in [1.165, 1.54) is 11.3 Å². The summed E-state index contributed by atoms with van der Waals surface area (Å²) < 4.78 is 5.41. The number of anilines is 1. The second-order valence-corrected chi connectivity index (χ2v) is 6.30. The minimum Gasteiger partial charge on any atom is -0.494 e. The molecule has 2 aliphatic heterocycles. The van der Waals surface area contributed by atoms with Gasteiger partial charge in [0.25, 0.3) is 5.91 Å². The number of amides is 2. The largest absolute Gasteiger partial charge is 0.494 e. The average molecular weight is 316 g/mol. The Kier molecular flexibility index (Phi) is 4.66. The fourth-order valence-electron chi connectivity index (χ4n) is 3.59. The number of benzene rings is 1. The van der Waals surface area contributed by atoms with E-state index in [0.717, 1.165) is 25.1 Å². The number of likely N-dealkylation sites (tertiary alicyclic amines) is 1. The number of rotatable bonds is 4. The smallest absolute Gasteiger partial charge is 0.251 e. The van der Waals surface area contributed by atoms with Gasteiger partial charge in [0.1, 0.15) is 5.75 Å². The van der Waals surface area contributed by atoms with Crippen molar-refractivity contribution in [1.82, 2.24) is 4.90 Å². The third-order valence-electron chi connectivity index (χ3n) is 4.78. The number of imide groups is 1. The monoisotopic (exact) mass is 316 g/mol. The highest BCUT2D eigenvalue weighted by Crippen LogP contribution is 2.30. The molecule has 2 atom stereocenters. The summed E-state index contributed by atoms with van der Waals surface area (Å²) in [7, 11) is 0. The second kappa shape index (κ2) is 6.71. The van der Waals surface area contributed by atoms with E-state index in [2.05, 4.69) is 11.8 Å². The zero-order chi connectivity index (χ0) is 16.4. The van der Waals surface area contributed by atoms with Gasteiger partial charge in [0, 0.05) is 6.04 Å². The van der Waals surface area contributed by atoms with Gasteiger partial charge in [-0.2, -0.15) is 0 Å². The Labute approximate surface area is 137 Å². The molecule has 2 aliphatic rings. The van der Waals surface area contributed by atoms with Gasteiger partial charge in [0.2, 0.25) is 5.91 Å². The molecular weight excluding hydrogens is 292 g/mol. The first kappa shape index (κ1) is 16.0. The SMILES string of the molecule is CCOc1ccc(N2C(=O)C[C@H](N3CCCC[C@@H]3C)C2=O)cc1. The van der Waals surface area contributed by atoms with E-state index in [9.17, 15) is 9.59 Å². The Morgan fingerprint density at radius 2 is 1.91 bits per heavy atom. The highest BCUT2D eigenvalue weighted by molar-refractivity contribution is 6.22. The summed E-state index contributed by atoms with van der Waals surface area (Å²) in [5.74, 6) is 0.548. The molecule has 0 aliphatic carbocycles. The molecule has 0 aromatic heterocycles. The summed E-state index contributed by atoms with van der Waals surface area (Å²) in [5, 5.41) is 0. The third-order valence-corrected chi connectivity index (χ3v) is 4.78. The zero-order valence-electron chi connectivity index (χ0n) is 13.8. The predicted octanol–water partition coefficient (Wildman–Crippen LogP) is 2.59. The molecule has 2 saturated heterocycles. The number of hydrogen-bond donors (Lipinski definition) is 0. The van der Waals surface area contributed by atoms with Crippen molar-refractivity contribution in [2.75, 3.05) is 18.1 Å². The van der Waals surface area contributed by atoms with Gasteiger partial charge in [-0.3, -0.25) is 14.5 Å². The van der Waals surface area contributed by atoms with E-state index in [1.54, 1.807) is 24.3 Å². The number of ether oxygens (including phenoxy) is 1. The number of hydrogen-bond acceptors (Lipinski definition) is 4. The Hall–Kier alpha value is -1.88. The van der Waals surface area contributed by atoms with E-state index in [-0.39, 0.29) is 24.3 Å². The standard InChI is InChI=1S/C18H24N2O3/c1-3-23-15-9-7-14(8-10-15)20-17(21)12-16(18(20)22)19-11-5-4-6-13(19)2/h7-10,13,16H,3-6,11-12H2,1-2H3/t13-,16-/m0/s1. The molecule has 2 heterocycles. The molecule has 1 aromatic rings. The quantitative estimate of drug-likeness (QED) is 0.801. The number of carbonyl (C=O) groups excluding carboxylic acids is 2. The van der Waals surface area contributed by atoms with E-state index in [0.29, 0.717) is 18.3 Å². The topological polar surface area (TPSA) is 49.9 Å². The Morgan fingerprint density at radius 1 is 1.17 bits per heavy atom. The number of carbonyl (C=O) groups is 2. The number of piperidine rings is 1. The first-order valence-electron chi connectivity index (χ1n) is 8.47. The minimum atomic E-state index is -0.302. The molecule has 0 bridgehead atoms. The van der Waals surface area contributed by atoms with Gasteiger partial charge in [0.15, 0.2) is 0 Å². The van der Waals surface area contributed by atoms with Crippen LogP contribution in [0, 0.1) is 0 Å². The van der Waals surface area contributed by atoms with Crippen molar-refractivity contribution in [2.24, 2.45) is 0 Å². The van der Waals surface area contributed by atoms with Crippen LogP contribution in [0.3, 0.4) is 0 Å². The summed E-state index contributed by atoms with van der Waals surface area (Å²) in [5.41, 5.74) is 0.635. The molecule has 2 amide bonds. The van der Waals surface area contributed by atoms with Crippen LogP contribution in [0.25, 0.3) is 0 Å². The molecule has 124 valence electrons. The van der Waals surface area contributed by atoms with Crippen LogP contribution in [0.2, 0.25) is 0 Å². The normalized spacial score (nSPS) is 25.9. The summed E-state index contributed by atoms with van der Waals surface area (Å²) in [6.07, 6.45) is 3.69. The summed E-state index contributed by atoms with van der Waals surface area (Å²) in [6, 6.07) is 7.23. The van der Waals surface area contributed by atoms with Crippen molar-refractivity contribution < 1.29 is 14.3 Å². The summed E-state index contributed by atoms with van der Waals surface area (Å²) >= 11 is 0. The Morgan fingerprint density at radius 3 is 2.57 bits per heavy atom. The molecule has 0 radical (unpaired) electrons. The van der Waals surface area contributed by atoms with Crippen molar-refractivity contribution in [2.45, 2.75) is 51.6 Å². The van der Waals surface area contributed by atoms with Crippen molar-refractivity contribution in [3.05, 3.63) is 24.3 Å². The van der Waals surface area contributed by atoms with E-state index in [4.69, 9.17) is 4.74 Å². The first-order chi connectivity index (χ1) is 11.1. The van der Waals surface area contributed by atoms with Gasteiger partial charge in [-0.25, -0.2) is 4.90 Å². The van der Waals surface area contributed by atoms with Crippen LogP contribution < -0.4 is 9.64 Å². The fourth-order valence-corrected chi connectivity index (χ4v) is 3.59. The maximum atomic E-state index is 12.8. The fraction of sp³-hybridized carbons (Fsp3) is 0.556. The van der Waals surface area contributed by atoms with Gasteiger partial charge in [-0.15, -0.1) is 0 Å². The Bertz CT molecular complexity index is 584. The molecule has 0 N–H and O–H groups in total. The molecule has 0 spiro atoms. The predicted molar refractivity (Wildman–Crippen MR) is 88.5 cm³/mol. The van der Waals surface area contributed by atoms with E-state index < -0.39 is 0 Å². The zero-order valence-corrected chi connectivity index (χ0v) is 13.8. The highest BCUT2D eigenvalue weighted by atomic mass is 16.5. The lowest BCUT2D eigenvalue weighted by molar-refractivity contribution is -0.123. The van der Waals surface area contributed by atoms with Gasteiger partial charge >= 0.3 is 0 Å². The van der Waals surface area contributed by atoms with Crippen molar-refractivity contribution in [3.63, 3.8) is 0 Å². The molecule has 0 unspecified atom stereocenters. The lowest BCUT2D eigenvalue weighted by Crippen LogP contribution is -2.48. The van der Waals surface area contributed by atoms with Crippen molar-refractivity contribution in [3.8, 4) is 5.75 Å². The summed E-state index contributed by atoms with van der Waals surface area (Å²) in [6.45, 7) is 5.57. The van der Waals surface area contributed by atoms with Crippen LogP contribution in [0.5, 0.6) is 5.75 Å². The van der Waals surface area contributed by atoms with Crippen molar-refractivity contribution >= 4 is 17.5 Å². The maximum Gasteiger partial charge on any atom is 0.251 e. The molecule has 2 fully saturated rings. The molecule has 0 saturated carbocycles. The first-order valence-corrected chi connectivity index (χ1v) is 8.47. The Balaban J connectivity index is 1.78. The van der Waals surface area contributed by atoms with Crippen LogP contribution in [-0.2, 0) is 9.59 Å². The minimum absolute atomic E-state index is 0.0899. The molecule has 23 heavy (non-hydrogen) atoms. The van der Waals surface area contributed by atoms with Crippen molar-refractivity contribution in [1.29, 1.82) is 0 Å². The van der Waals surface area contributed by atoms with Crippen LogP contribution in [-0.4, -0.2) is 41.9 Å². The molecule has 5 nitrogen and oxygen atoms in total. The highest BCUT2D eigenvalue weighted by Gasteiger charge is 2.44. The van der Waals surface area contributed by atoms with Gasteiger partial charge < -0.3 is 4.74 Å². The van der Waals surface area contributed by atoms with E-state index >= 15 is 0 Å².